The Hall–Kier alpha value is -2.31. The molecule has 1 aliphatic heterocycles. The van der Waals surface area contributed by atoms with Gasteiger partial charge in [0.15, 0.2) is 0 Å². The molecule has 21 heavy (non-hydrogen) atoms. The average molecular weight is 292 g/mol. The highest BCUT2D eigenvalue weighted by Gasteiger charge is 2.25. The lowest BCUT2D eigenvalue weighted by atomic mass is 9.95. The van der Waals surface area contributed by atoms with E-state index in [2.05, 4.69) is 15.5 Å². The molecule has 1 saturated heterocycles. The van der Waals surface area contributed by atoms with E-state index in [1.807, 2.05) is 6.07 Å². The van der Waals surface area contributed by atoms with Crippen LogP contribution in [0.15, 0.2) is 18.2 Å². The topological polar surface area (TPSA) is 87.5 Å². The van der Waals surface area contributed by atoms with E-state index < -0.39 is 0 Å². The van der Waals surface area contributed by atoms with Gasteiger partial charge in [-0.2, -0.15) is 0 Å². The average Bonchev–Trinajstić information content (AvgIpc) is 2.53. The van der Waals surface area contributed by atoms with Gasteiger partial charge in [-0.25, -0.2) is 0 Å². The molecule has 1 aromatic rings. The van der Waals surface area contributed by atoms with Crippen LogP contribution in [-0.4, -0.2) is 38.0 Å². The lowest BCUT2D eigenvalue weighted by molar-refractivity contribution is -0.384. The third kappa shape index (κ3) is 3.42. The normalized spacial score (nSPS) is 15.6. The van der Waals surface area contributed by atoms with E-state index in [0.29, 0.717) is 5.69 Å². The molecule has 0 atom stereocenters. The van der Waals surface area contributed by atoms with Crippen LogP contribution in [-0.2, 0) is 4.79 Å². The van der Waals surface area contributed by atoms with Crippen LogP contribution in [0.3, 0.4) is 0 Å². The zero-order valence-electron chi connectivity index (χ0n) is 12.3. The number of amides is 1. The minimum atomic E-state index is -0.387. The van der Waals surface area contributed by atoms with Crippen LogP contribution >= 0.6 is 0 Å². The number of non-ortho nitro benzene ring substituents is 1. The van der Waals surface area contributed by atoms with Crippen molar-refractivity contribution in [3.8, 4) is 0 Å². The molecule has 114 valence electrons. The number of nitro benzene ring substituents is 1. The maximum Gasteiger partial charge on any atom is 0.273 e. The van der Waals surface area contributed by atoms with Crippen LogP contribution < -0.4 is 15.5 Å². The largest absolute Gasteiger partial charge is 0.388 e. The van der Waals surface area contributed by atoms with Crippen molar-refractivity contribution in [2.75, 3.05) is 37.4 Å². The molecular formula is C14H20N4O3. The summed E-state index contributed by atoms with van der Waals surface area (Å²) in [6, 6.07) is 5.00. The number of carbonyl (C=O) groups excluding carboxylic acids is 1. The molecule has 1 aliphatic rings. The smallest absolute Gasteiger partial charge is 0.273 e. The van der Waals surface area contributed by atoms with Crippen molar-refractivity contribution in [3.63, 3.8) is 0 Å². The summed E-state index contributed by atoms with van der Waals surface area (Å²) in [6.07, 6.45) is 1.52. The Bertz CT molecular complexity index is 539. The standard InChI is InChI=1S/C14H20N4O3/c1-15-11-7-12(9-13(8-11)18(20)21)17-5-3-10(4-6-17)14(19)16-2/h7-10,15H,3-6H2,1-2H3,(H,16,19). The number of benzene rings is 1. The van der Waals surface area contributed by atoms with Gasteiger partial charge in [0, 0.05) is 56.6 Å². The molecule has 0 unspecified atom stereocenters. The Labute approximate surface area is 123 Å². The number of carbonyl (C=O) groups is 1. The van der Waals surface area contributed by atoms with Gasteiger partial charge in [0.05, 0.1) is 4.92 Å². The number of hydrogen-bond acceptors (Lipinski definition) is 5. The predicted octanol–water partition coefficient (Wildman–Crippen LogP) is 1.60. The molecule has 7 heteroatoms. The van der Waals surface area contributed by atoms with Crippen molar-refractivity contribution >= 4 is 23.0 Å². The van der Waals surface area contributed by atoms with Crippen LogP contribution in [0.1, 0.15) is 12.8 Å². The molecule has 1 heterocycles. The summed E-state index contributed by atoms with van der Waals surface area (Å²) in [7, 11) is 3.38. The summed E-state index contributed by atoms with van der Waals surface area (Å²) in [6.45, 7) is 1.45. The Balaban J connectivity index is 2.14. The Morgan fingerprint density at radius 3 is 2.48 bits per heavy atom. The number of hydrogen-bond donors (Lipinski definition) is 2. The molecule has 0 saturated carbocycles. The van der Waals surface area contributed by atoms with Gasteiger partial charge < -0.3 is 15.5 Å². The third-order valence-electron chi connectivity index (χ3n) is 3.88. The van der Waals surface area contributed by atoms with E-state index >= 15 is 0 Å². The molecule has 0 aromatic heterocycles. The van der Waals surface area contributed by atoms with E-state index in [9.17, 15) is 14.9 Å². The fourth-order valence-electron chi connectivity index (χ4n) is 2.63. The maximum atomic E-state index is 11.6. The summed E-state index contributed by atoms with van der Waals surface area (Å²) >= 11 is 0. The van der Waals surface area contributed by atoms with Crippen LogP contribution in [0.2, 0.25) is 0 Å². The monoisotopic (exact) mass is 292 g/mol. The lowest BCUT2D eigenvalue weighted by Crippen LogP contribution is -2.39. The second-order valence-electron chi connectivity index (χ2n) is 5.12. The van der Waals surface area contributed by atoms with E-state index in [4.69, 9.17) is 0 Å². The number of anilines is 2. The molecule has 0 spiro atoms. The molecule has 2 N–H and O–H groups in total. The first-order chi connectivity index (χ1) is 10.0. The molecule has 0 radical (unpaired) electrons. The quantitative estimate of drug-likeness (QED) is 0.650. The van der Waals surface area contributed by atoms with Crippen LogP contribution in [0.4, 0.5) is 17.1 Å². The zero-order chi connectivity index (χ0) is 15.4. The van der Waals surface area contributed by atoms with Gasteiger partial charge >= 0.3 is 0 Å². The molecule has 0 bridgehead atoms. The molecule has 1 amide bonds. The van der Waals surface area contributed by atoms with Crippen molar-refractivity contribution < 1.29 is 9.72 Å². The van der Waals surface area contributed by atoms with Crippen molar-refractivity contribution in [2.45, 2.75) is 12.8 Å². The molecular weight excluding hydrogens is 272 g/mol. The van der Waals surface area contributed by atoms with Crippen LogP contribution in [0.25, 0.3) is 0 Å². The Morgan fingerprint density at radius 1 is 1.29 bits per heavy atom. The van der Waals surface area contributed by atoms with Gasteiger partial charge in [-0.05, 0) is 18.9 Å². The number of nitro groups is 1. The molecule has 0 aliphatic carbocycles. The Morgan fingerprint density at radius 2 is 1.95 bits per heavy atom. The van der Waals surface area contributed by atoms with E-state index in [0.717, 1.165) is 31.6 Å². The fraction of sp³-hybridized carbons (Fsp3) is 0.500. The van der Waals surface area contributed by atoms with E-state index in [-0.39, 0.29) is 22.4 Å². The lowest BCUT2D eigenvalue weighted by Gasteiger charge is -2.32. The van der Waals surface area contributed by atoms with Gasteiger partial charge in [0.25, 0.3) is 5.69 Å². The van der Waals surface area contributed by atoms with Crippen molar-refractivity contribution in [3.05, 3.63) is 28.3 Å². The number of piperidine rings is 1. The summed E-state index contributed by atoms with van der Waals surface area (Å²) in [5.74, 6) is 0.110. The van der Waals surface area contributed by atoms with Gasteiger partial charge in [-0.3, -0.25) is 14.9 Å². The van der Waals surface area contributed by atoms with E-state index in [1.54, 1.807) is 20.2 Å². The fourth-order valence-corrected chi connectivity index (χ4v) is 2.63. The molecule has 1 aromatic carbocycles. The number of nitrogens with zero attached hydrogens (tertiary/aromatic N) is 2. The predicted molar refractivity (Wildman–Crippen MR) is 81.6 cm³/mol. The van der Waals surface area contributed by atoms with Gasteiger partial charge in [0.1, 0.15) is 0 Å². The van der Waals surface area contributed by atoms with Gasteiger partial charge in [-0.15, -0.1) is 0 Å². The number of nitrogens with one attached hydrogen (secondary N) is 2. The van der Waals surface area contributed by atoms with Crippen molar-refractivity contribution in [1.29, 1.82) is 0 Å². The molecule has 7 nitrogen and oxygen atoms in total. The van der Waals surface area contributed by atoms with Crippen molar-refractivity contribution in [2.24, 2.45) is 5.92 Å². The summed E-state index contributed by atoms with van der Waals surface area (Å²) in [4.78, 5) is 24.3. The highest BCUT2D eigenvalue weighted by Crippen LogP contribution is 2.30. The van der Waals surface area contributed by atoms with Crippen LogP contribution in [0.5, 0.6) is 0 Å². The van der Waals surface area contributed by atoms with Crippen LogP contribution in [0, 0.1) is 16.0 Å². The third-order valence-corrected chi connectivity index (χ3v) is 3.88. The summed E-state index contributed by atoms with van der Waals surface area (Å²) in [5, 5.41) is 16.6. The Kier molecular flexibility index (Phi) is 4.62. The summed E-state index contributed by atoms with van der Waals surface area (Å²) < 4.78 is 0. The first kappa shape index (κ1) is 15.1. The van der Waals surface area contributed by atoms with Gasteiger partial charge in [0.2, 0.25) is 5.91 Å². The van der Waals surface area contributed by atoms with Gasteiger partial charge in [-0.1, -0.05) is 0 Å². The second-order valence-corrected chi connectivity index (χ2v) is 5.12. The molecule has 2 rings (SSSR count). The summed E-state index contributed by atoms with van der Waals surface area (Å²) in [5.41, 5.74) is 1.61. The van der Waals surface area contributed by atoms with E-state index in [1.165, 1.54) is 6.07 Å². The number of rotatable bonds is 4. The zero-order valence-corrected chi connectivity index (χ0v) is 12.3. The first-order valence-corrected chi connectivity index (χ1v) is 6.99. The highest BCUT2D eigenvalue weighted by atomic mass is 16.6. The van der Waals surface area contributed by atoms with Crippen molar-refractivity contribution in [1.82, 2.24) is 5.32 Å². The minimum Gasteiger partial charge on any atom is -0.388 e. The molecule has 1 fully saturated rings. The first-order valence-electron chi connectivity index (χ1n) is 6.99. The SMILES string of the molecule is CNC(=O)C1CCN(c2cc(NC)cc([N+](=O)[O-])c2)CC1. The maximum absolute atomic E-state index is 11.6. The minimum absolute atomic E-state index is 0.0359. The second kappa shape index (κ2) is 6.43. The highest BCUT2D eigenvalue weighted by molar-refractivity contribution is 5.78.